The van der Waals surface area contributed by atoms with E-state index in [-0.39, 0.29) is 52.7 Å². The van der Waals surface area contributed by atoms with Crippen molar-refractivity contribution in [1.29, 1.82) is 0 Å². The minimum Gasteiger partial charge on any atom is -0.462 e. The molecule has 182 valence electrons. The van der Waals surface area contributed by atoms with E-state index in [9.17, 15) is 9.59 Å². The van der Waals surface area contributed by atoms with Gasteiger partial charge in [-0.1, -0.05) is 47.5 Å². The quantitative estimate of drug-likeness (QED) is 0.425. The van der Waals surface area contributed by atoms with Crippen molar-refractivity contribution in [2.45, 2.75) is 123 Å². The van der Waals surface area contributed by atoms with Crippen molar-refractivity contribution in [2.75, 3.05) is 6.61 Å². The Morgan fingerprint density at radius 3 is 2.59 bits per heavy atom. The van der Waals surface area contributed by atoms with Gasteiger partial charge in [-0.2, -0.15) is 0 Å². The van der Waals surface area contributed by atoms with Crippen LogP contribution in [0.25, 0.3) is 0 Å². The predicted octanol–water partition coefficient (Wildman–Crippen LogP) is 5.17. The number of cyclic esters (lactones) is 1. The molecule has 0 aromatic heterocycles. The van der Waals surface area contributed by atoms with Crippen LogP contribution in [0.4, 0.5) is 0 Å². The van der Waals surface area contributed by atoms with Crippen molar-refractivity contribution in [3.63, 3.8) is 0 Å². The zero-order chi connectivity index (χ0) is 23.4. The lowest BCUT2D eigenvalue weighted by Crippen LogP contribution is -2.67. The van der Waals surface area contributed by atoms with Crippen LogP contribution in [0.5, 0.6) is 0 Å². The van der Waals surface area contributed by atoms with Crippen molar-refractivity contribution >= 4 is 11.9 Å². The van der Waals surface area contributed by atoms with Crippen LogP contribution in [0.1, 0.15) is 99.3 Å². The van der Waals surface area contributed by atoms with Crippen LogP contribution in [-0.2, 0) is 28.5 Å². The normalized spacial score (nSPS) is 45.1. The Bertz CT molecular complexity index is 749. The fraction of sp³-hybridized carbons (Fsp3) is 0.923. The van der Waals surface area contributed by atoms with Crippen molar-refractivity contribution < 1.29 is 28.5 Å². The molecule has 4 fully saturated rings. The molecular formula is C26H42O6. The number of hydrogen-bond donors (Lipinski definition) is 0. The molecule has 2 aliphatic carbocycles. The second-order valence-electron chi connectivity index (χ2n) is 11.8. The first-order chi connectivity index (χ1) is 15.0. The Hall–Kier alpha value is -1.14. The summed E-state index contributed by atoms with van der Waals surface area (Å²) in [7, 11) is 0. The van der Waals surface area contributed by atoms with E-state index in [1.165, 1.54) is 6.92 Å². The van der Waals surface area contributed by atoms with Crippen LogP contribution in [0.2, 0.25) is 0 Å². The second kappa shape index (κ2) is 8.26. The minimum atomic E-state index is -0.706. The number of carbonyl (C=O) groups excluding carboxylic acids is 2. The molecule has 0 N–H and O–H groups in total. The van der Waals surface area contributed by atoms with E-state index >= 15 is 0 Å². The van der Waals surface area contributed by atoms with E-state index in [0.717, 1.165) is 51.4 Å². The first kappa shape index (κ1) is 24.0. The van der Waals surface area contributed by atoms with Crippen LogP contribution in [0.15, 0.2) is 0 Å². The van der Waals surface area contributed by atoms with Crippen molar-refractivity contribution in [2.24, 2.45) is 22.7 Å². The van der Waals surface area contributed by atoms with Crippen LogP contribution in [0.3, 0.4) is 0 Å². The molecule has 2 aliphatic heterocycles. The standard InChI is InChI=1S/C26H42O6/c1-7-8-14-29-22-25(16-20(28)31-22)12-13-26(32-25)17(2)15-19(30-18(3)27)21-23(4,5)10-9-11-24(21,26)6/h17,19,21-22H,7-16H2,1-6H3/t17-,19-,21+,22-,24+,25+,26-/m1/s1. The van der Waals surface area contributed by atoms with E-state index in [4.69, 9.17) is 18.9 Å². The molecule has 6 heteroatoms. The largest absolute Gasteiger partial charge is 0.462 e. The predicted molar refractivity (Wildman–Crippen MR) is 120 cm³/mol. The first-order valence-corrected chi connectivity index (χ1v) is 12.7. The fourth-order valence-electron chi connectivity index (χ4n) is 8.06. The lowest BCUT2D eigenvalue weighted by Gasteiger charge is -2.65. The lowest BCUT2D eigenvalue weighted by molar-refractivity contribution is -0.295. The zero-order valence-corrected chi connectivity index (χ0v) is 20.8. The van der Waals surface area contributed by atoms with E-state index in [0.29, 0.717) is 6.61 Å². The van der Waals surface area contributed by atoms with Gasteiger partial charge in [0.05, 0.1) is 18.6 Å². The highest BCUT2D eigenvalue weighted by Crippen LogP contribution is 2.69. The minimum absolute atomic E-state index is 0.0401. The van der Waals surface area contributed by atoms with Gasteiger partial charge in [0.2, 0.25) is 6.29 Å². The number of hydrogen-bond acceptors (Lipinski definition) is 6. The van der Waals surface area contributed by atoms with Gasteiger partial charge in [0.15, 0.2) is 0 Å². The topological polar surface area (TPSA) is 71.1 Å². The maximum atomic E-state index is 12.4. The molecule has 0 radical (unpaired) electrons. The number of rotatable bonds is 5. The van der Waals surface area contributed by atoms with Gasteiger partial charge in [-0.05, 0) is 49.9 Å². The molecule has 6 nitrogen and oxygen atoms in total. The molecule has 32 heavy (non-hydrogen) atoms. The van der Waals surface area contributed by atoms with E-state index in [1.807, 2.05) is 0 Å². The smallest absolute Gasteiger partial charge is 0.311 e. The summed E-state index contributed by atoms with van der Waals surface area (Å²) < 4.78 is 24.8. The maximum Gasteiger partial charge on any atom is 0.311 e. The van der Waals surface area contributed by atoms with Crippen LogP contribution in [-0.4, -0.2) is 42.1 Å². The number of esters is 2. The van der Waals surface area contributed by atoms with Crippen LogP contribution in [0, 0.1) is 22.7 Å². The summed E-state index contributed by atoms with van der Waals surface area (Å²) in [5, 5.41) is 0. The maximum absolute atomic E-state index is 12.4. The Balaban J connectivity index is 1.69. The molecule has 2 spiro atoms. The SMILES string of the molecule is CCCCO[C@@H]1OC(=O)C[C@@]12CC[C@@]1(O2)[C@H](C)C[C@@H](OC(C)=O)[C@H]2C(C)(C)CCC[C@@]21C. The summed E-state index contributed by atoms with van der Waals surface area (Å²) in [6.07, 6.45) is 7.21. The summed E-state index contributed by atoms with van der Waals surface area (Å²) in [5.41, 5.74) is -1.21. The van der Waals surface area contributed by atoms with Gasteiger partial charge in [0, 0.05) is 18.3 Å². The Labute approximate surface area is 193 Å². The highest BCUT2D eigenvalue weighted by Gasteiger charge is 2.72. The summed E-state index contributed by atoms with van der Waals surface area (Å²) in [6, 6.07) is 0. The number of ether oxygens (including phenoxy) is 4. The summed E-state index contributed by atoms with van der Waals surface area (Å²) in [6.45, 7) is 13.4. The lowest BCUT2D eigenvalue weighted by atomic mass is 9.43. The van der Waals surface area contributed by atoms with Gasteiger partial charge in [-0.25, -0.2) is 0 Å². The van der Waals surface area contributed by atoms with E-state index in [2.05, 4.69) is 34.6 Å². The molecule has 0 bridgehead atoms. The monoisotopic (exact) mass is 450 g/mol. The van der Waals surface area contributed by atoms with Crippen molar-refractivity contribution in [3.05, 3.63) is 0 Å². The van der Waals surface area contributed by atoms with Gasteiger partial charge < -0.3 is 18.9 Å². The molecule has 2 saturated carbocycles. The third-order valence-electron chi connectivity index (χ3n) is 9.27. The van der Waals surface area contributed by atoms with E-state index < -0.39 is 11.9 Å². The molecule has 2 saturated heterocycles. The molecule has 4 rings (SSSR count). The molecule has 0 aromatic rings. The average molecular weight is 451 g/mol. The summed E-state index contributed by atoms with van der Waals surface area (Å²) >= 11 is 0. The van der Waals surface area contributed by atoms with Crippen molar-refractivity contribution in [3.8, 4) is 0 Å². The Morgan fingerprint density at radius 2 is 1.91 bits per heavy atom. The average Bonchev–Trinajstić information content (AvgIpc) is 3.21. The third kappa shape index (κ3) is 3.60. The molecule has 0 aromatic carbocycles. The molecular weight excluding hydrogens is 408 g/mol. The Morgan fingerprint density at radius 1 is 1.16 bits per heavy atom. The molecule has 2 heterocycles. The zero-order valence-electron chi connectivity index (χ0n) is 20.8. The van der Waals surface area contributed by atoms with Gasteiger partial charge >= 0.3 is 11.9 Å². The highest BCUT2D eigenvalue weighted by atomic mass is 16.7. The Kier molecular flexibility index (Phi) is 6.20. The van der Waals surface area contributed by atoms with Gasteiger partial charge in [0.25, 0.3) is 0 Å². The van der Waals surface area contributed by atoms with Gasteiger partial charge in [-0.3, -0.25) is 9.59 Å². The molecule has 7 atom stereocenters. The van der Waals surface area contributed by atoms with Gasteiger partial charge in [-0.15, -0.1) is 0 Å². The van der Waals surface area contributed by atoms with Crippen LogP contribution < -0.4 is 0 Å². The fourth-order valence-corrected chi connectivity index (χ4v) is 8.06. The second-order valence-corrected chi connectivity index (χ2v) is 11.8. The molecule has 0 amide bonds. The summed E-state index contributed by atoms with van der Waals surface area (Å²) in [4.78, 5) is 24.4. The number of fused-ring (bicyclic) bond motifs is 2. The summed E-state index contributed by atoms with van der Waals surface area (Å²) in [5.74, 6) is -0.0230. The number of carbonyl (C=O) groups is 2. The highest BCUT2D eigenvalue weighted by molar-refractivity contribution is 5.73. The third-order valence-corrected chi connectivity index (χ3v) is 9.27. The number of unbranched alkanes of at least 4 members (excludes halogenated alkanes) is 1. The van der Waals surface area contributed by atoms with Crippen LogP contribution >= 0.6 is 0 Å². The van der Waals surface area contributed by atoms with Gasteiger partial charge in [0.1, 0.15) is 11.7 Å². The van der Waals surface area contributed by atoms with Crippen molar-refractivity contribution in [1.82, 2.24) is 0 Å². The molecule has 4 aliphatic rings. The molecule has 0 unspecified atom stereocenters. The van der Waals surface area contributed by atoms with E-state index in [1.54, 1.807) is 0 Å². The first-order valence-electron chi connectivity index (χ1n) is 12.7.